The number of urea groups is 1. The van der Waals surface area contributed by atoms with Gasteiger partial charge < -0.3 is 0 Å². The quantitative estimate of drug-likeness (QED) is 0.417. The highest BCUT2D eigenvalue weighted by molar-refractivity contribution is 6.44. The van der Waals surface area contributed by atoms with Crippen molar-refractivity contribution in [2.75, 3.05) is 6.54 Å². The maximum absolute atomic E-state index is 11.9. The molecule has 1 fully saturated rings. The van der Waals surface area contributed by atoms with Gasteiger partial charge in [-0.1, -0.05) is 18.2 Å². The second kappa shape index (κ2) is 4.53. The smallest absolute Gasteiger partial charge is 0.263 e. The first-order valence-corrected chi connectivity index (χ1v) is 5.63. The Hall–Kier alpha value is -1.91. The minimum atomic E-state index is -0.756. The second-order valence-corrected chi connectivity index (χ2v) is 4.09. The summed E-state index contributed by atoms with van der Waals surface area (Å²) in [6, 6.07) is -0.807. The van der Waals surface area contributed by atoms with Gasteiger partial charge in [-0.15, -0.1) is 6.58 Å². The molecule has 17 heavy (non-hydrogen) atoms. The molecule has 0 aromatic rings. The summed E-state index contributed by atoms with van der Waals surface area (Å²) in [5.74, 6) is -1.48. The molecule has 0 spiro atoms. The van der Waals surface area contributed by atoms with E-state index in [1.54, 1.807) is 0 Å². The van der Waals surface area contributed by atoms with Crippen LogP contribution in [0.4, 0.5) is 4.79 Å². The molecule has 1 aliphatic heterocycles. The fourth-order valence-electron chi connectivity index (χ4n) is 2.11. The molecule has 2 aliphatic rings. The monoisotopic (exact) mass is 234 g/mol. The third-order valence-corrected chi connectivity index (χ3v) is 2.96. The minimum absolute atomic E-state index is 0.0797. The fraction of sp³-hybridized carbons (Fsp3) is 0.417. The number of carbonyl (C=O) groups excluding carboxylic acids is 3. The number of hydrogen-bond acceptors (Lipinski definition) is 3. The Balaban J connectivity index is 2.23. The molecule has 0 bridgehead atoms. The van der Waals surface area contributed by atoms with Crippen molar-refractivity contribution in [3.8, 4) is 0 Å². The highest BCUT2D eigenvalue weighted by Gasteiger charge is 2.46. The predicted molar refractivity (Wildman–Crippen MR) is 60.9 cm³/mol. The van der Waals surface area contributed by atoms with Gasteiger partial charge in [0.05, 0.1) is 6.04 Å². The molecule has 1 heterocycles. The molecule has 90 valence electrons. The number of nitrogens with zero attached hydrogens (tertiary/aromatic N) is 2. The summed E-state index contributed by atoms with van der Waals surface area (Å²) >= 11 is 0. The van der Waals surface area contributed by atoms with E-state index >= 15 is 0 Å². The van der Waals surface area contributed by atoms with Crippen LogP contribution in [0.15, 0.2) is 24.8 Å². The summed E-state index contributed by atoms with van der Waals surface area (Å²) in [6.45, 7) is 3.55. The van der Waals surface area contributed by atoms with E-state index in [0.717, 1.165) is 29.1 Å². The number of hydrogen-bond donors (Lipinski definition) is 0. The van der Waals surface area contributed by atoms with Gasteiger partial charge in [-0.3, -0.25) is 14.5 Å². The van der Waals surface area contributed by atoms with E-state index in [9.17, 15) is 14.4 Å². The molecule has 1 aliphatic carbocycles. The van der Waals surface area contributed by atoms with Crippen LogP contribution in [-0.2, 0) is 9.59 Å². The fourth-order valence-corrected chi connectivity index (χ4v) is 2.11. The molecule has 0 radical (unpaired) electrons. The zero-order valence-corrected chi connectivity index (χ0v) is 9.46. The Kier molecular flexibility index (Phi) is 3.08. The van der Waals surface area contributed by atoms with Gasteiger partial charge in [0, 0.05) is 6.54 Å². The predicted octanol–water partition coefficient (Wildman–Crippen LogP) is 1.07. The molecule has 0 N–H and O–H groups in total. The van der Waals surface area contributed by atoms with Gasteiger partial charge in [0.15, 0.2) is 0 Å². The summed E-state index contributed by atoms with van der Waals surface area (Å²) in [5.41, 5.74) is 0. The van der Waals surface area contributed by atoms with E-state index in [2.05, 4.69) is 6.58 Å². The van der Waals surface area contributed by atoms with Crippen LogP contribution in [0.2, 0.25) is 0 Å². The van der Waals surface area contributed by atoms with Crippen LogP contribution >= 0.6 is 0 Å². The molecule has 0 aromatic carbocycles. The van der Waals surface area contributed by atoms with Crippen LogP contribution in [0.5, 0.6) is 0 Å². The first-order valence-electron chi connectivity index (χ1n) is 5.63. The molecule has 0 aromatic heterocycles. The summed E-state index contributed by atoms with van der Waals surface area (Å²) in [6.07, 6.45) is 7.80. The zero-order chi connectivity index (χ0) is 12.4. The van der Waals surface area contributed by atoms with E-state index in [4.69, 9.17) is 0 Å². The second-order valence-electron chi connectivity index (χ2n) is 4.09. The average Bonchev–Trinajstić information content (AvgIpc) is 2.55. The van der Waals surface area contributed by atoms with E-state index < -0.39 is 17.8 Å². The normalized spacial score (nSPS) is 24.7. The Morgan fingerprint density at radius 3 is 2.71 bits per heavy atom. The number of imide groups is 2. The van der Waals surface area contributed by atoms with Crippen molar-refractivity contribution < 1.29 is 14.4 Å². The summed E-state index contributed by atoms with van der Waals surface area (Å²) in [5, 5.41) is 0. The maximum atomic E-state index is 11.9. The SMILES string of the molecule is C=CCN1C(=O)C(=O)N(C2C=CCCC2)C1=O. The van der Waals surface area contributed by atoms with Crippen molar-refractivity contribution in [3.63, 3.8) is 0 Å². The van der Waals surface area contributed by atoms with Crippen molar-refractivity contribution in [2.24, 2.45) is 0 Å². The molecular weight excluding hydrogens is 220 g/mol. The average molecular weight is 234 g/mol. The Labute approximate surface area is 99.4 Å². The zero-order valence-electron chi connectivity index (χ0n) is 9.46. The molecule has 0 saturated carbocycles. The Morgan fingerprint density at radius 2 is 2.12 bits per heavy atom. The molecule has 5 nitrogen and oxygen atoms in total. The lowest BCUT2D eigenvalue weighted by Gasteiger charge is -2.24. The lowest BCUT2D eigenvalue weighted by atomic mass is 10.0. The van der Waals surface area contributed by atoms with Gasteiger partial charge in [-0.25, -0.2) is 9.69 Å². The highest BCUT2D eigenvalue weighted by Crippen LogP contribution is 2.22. The molecular formula is C12H14N2O3. The van der Waals surface area contributed by atoms with Crippen LogP contribution in [0, 0.1) is 0 Å². The number of amides is 4. The summed E-state index contributed by atoms with van der Waals surface area (Å²) in [7, 11) is 0. The lowest BCUT2D eigenvalue weighted by molar-refractivity contribution is -0.143. The highest BCUT2D eigenvalue weighted by atomic mass is 16.2. The van der Waals surface area contributed by atoms with Crippen molar-refractivity contribution in [1.29, 1.82) is 0 Å². The largest absolute Gasteiger partial charge is 0.335 e. The van der Waals surface area contributed by atoms with E-state index in [-0.39, 0.29) is 12.6 Å². The summed E-state index contributed by atoms with van der Waals surface area (Å²) in [4.78, 5) is 37.3. The van der Waals surface area contributed by atoms with Crippen LogP contribution in [-0.4, -0.2) is 40.2 Å². The van der Waals surface area contributed by atoms with E-state index in [1.807, 2.05) is 12.2 Å². The third-order valence-electron chi connectivity index (χ3n) is 2.96. The van der Waals surface area contributed by atoms with Gasteiger partial charge in [0.2, 0.25) is 0 Å². The van der Waals surface area contributed by atoms with Gasteiger partial charge in [0.25, 0.3) is 0 Å². The van der Waals surface area contributed by atoms with Crippen LogP contribution in [0.1, 0.15) is 19.3 Å². The van der Waals surface area contributed by atoms with Gasteiger partial charge in [-0.2, -0.15) is 0 Å². The molecule has 2 rings (SSSR count). The number of rotatable bonds is 3. The molecule has 5 heteroatoms. The van der Waals surface area contributed by atoms with Gasteiger partial charge in [-0.05, 0) is 19.3 Å². The topological polar surface area (TPSA) is 57.7 Å². The molecule has 1 unspecified atom stereocenters. The van der Waals surface area contributed by atoms with E-state index in [1.165, 1.54) is 6.08 Å². The minimum Gasteiger partial charge on any atom is -0.263 e. The van der Waals surface area contributed by atoms with Crippen molar-refractivity contribution in [3.05, 3.63) is 24.8 Å². The third kappa shape index (κ3) is 1.88. The van der Waals surface area contributed by atoms with E-state index in [0.29, 0.717) is 0 Å². The number of allylic oxidation sites excluding steroid dienone is 1. The van der Waals surface area contributed by atoms with Crippen LogP contribution in [0.25, 0.3) is 0 Å². The Bertz CT molecular complexity index is 414. The first-order chi connectivity index (χ1) is 8.16. The lowest BCUT2D eigenvalue weighted by Crippen LogP contribution is -2.41. The standard InChI is InChI=1S/C12H14N2O3/c1-2-8-13-10(15)11(16)14(12(13)17)9-6-4-3-5-7-9/h2,4,6,9H,1,3,5,7-8H2. The van der Waals surface area contributed by atoms with Crippen LogP contribution in [0.3, 0.4) is 0 Å². The molecule has 4 amide bonds. The van der Waals surface area contributed by atoms with Crippen molar-refractivity contribution in [1.82, 2.24) is 9.80 Å². The first kappa shape index (κ1) is 11.6. The molecule has 1 atom stereocenters. The van der Waals surface area contributed by atoms with Crippen molar-refractivity contribution >= 4 is 17.8 Å². The van der Waals surface area contributed by atoms with Crippen LogP contribution < -0.4 is 0 Å². The van der Waals surface area contributed by atoms with Gasteiger partial charge >= 0.3 is 17.8 Å². The van der Waals surface area contributed by atoms with Gasteiger partial charge in [0.1, 0.15) is 0 Å². The number of carbonyl (C=O) groups is 3. The summed E-state index contributed by atoms with van der Waals surface area (Å²) < 4.78 is 0. The maximum Gasteiger partial charge on any atom is 0.335 e. The molecule has 1 saturated heterocycles. The Morgan fingerprint density at radius 1 is 1.35 bits per heavy atom. The van der Waals surface area contributed by atoms with Crippen molar-refractivity contribution in [2.45, 2.75) is 25.3 Å².